The van der Waals surface area contributed by atoms with Crippen LogP contribution < -0.4 is 0 Å². The van der Waals surface area contributed by atoms with E-state index < -0.39 is 12.0 Å². The predicted octanol–water partition coefficient (Wildman–Crippen LogP) is 1.98. The summed E-state index contributed by atoms with van der Waals surface area (Å²) >= 11 is 0. The van der Waals surface area contributed by atoms with Crippen LogP contribution in [0.4, 0.5) is 0 Å². The topological polar surface area (TPSA) is 49.8 Å². The summed E-state index contributed by atoms with van der Waals surface area (Å²) < 4.78 is 5.46. The standard InChI is InChI=1S/C15H19NO3/c17-15(18)14(16-7-1-2-8-16)13-5-3-4-11-10-19-9-6-12(11)13/h3-5,14H,1-2,6-10H2,(H,17,18). The van der Waals surface area contributed by atoms with Crippen LogP contribution in [0, 0.1) is 0 Å². The van der Waals surface area contributed by atoms with E-state index in [1.165, 1.54) is 5.56 Å². The Labute approximate surface area is 113 Å². The molecule has 19 heavy (non-hydrogen) atoms. The van der Waals surface area contributed by atoms with Crippen LogP contribution in [-0.4, -0.2) is 35.7 Å². The molecular formula is C15H19NO3. The van der Waals surface area contributed by atoms with Crippen molar-refractivity contribution in [3.8, 4) is 0 Å². The molecule has 3 rings (SSSR count). The van der Waals surface area contributed by atoms with Gasteiger partial charge < -0.3 is 9.84 Å². The molecule has 1 atom stereocenters. The first-order valence-electron chi connectivity index (χ1n) is 6.92. The second kappa shape index (κ2) is 5.31. The Morgan fingerprint density at radius 3 is 2.84 bits per heavy atom. The molecule has 0 aliphatic carbocycles. The molecule has 1 fully saturated rings. The molecule has 4 nitrogen and oxygen atoms in total. The molecule has 2 aliphatic rings. The third-order valence-corrected chi connectivity index (χ3v) is 4.10. The molecule has 0 bridgehead atoms. The normalized spacial score (nSPS) is 21.1. The fourth-order valence-corrected chi connectivity index (χ4v) is 3.19. The van der Waals surface area contributed by atoms with Crippen LogP contribution in [0.2, 0.25) is 0 Å². The first-order valence-corrected chi connectivity index (χ1v) is 6.92. The van der Waals surface area contributed by atoms with Gasteiger partial charge >= 0.3 is 5.97 Å². The molecule has 4 heteroatoms. The van der Waals surface area contributed by atoms with Crippen molar-refractivity contribution in [1.82, 2.24) is 4.90 Å². The van der Waals surface area contributed by atoms with Crippen LogP contribution in [0.15, 0.2) is 18.2 Å². The smallest absolute Gasteiger partial charge is 0.325 e. The molecule has 0 radical (unpaired) electrons. The number of hydrogen-bond acceptors (Lipinski definition) is 3. The van der Waals surface area contributed by atoms with E-state index in [0.29, 0.717) is 13.2 Å². The Bertz CT molecular complexity index is 480. The zero-order valence-corrected chi connectivity index (χ0v) is 11.0. The van der Waals surface area contributed by atoms with E-state index in [9.17, 15) is 9.90 Å². The molecular weight excluding hydrogens is 242 g/mol. The third-order valence-electron chi connectivity index (χ3n) is 4.10. The SMILES string of the molecule is O=C(O)C(c1cccc2c1CCOC2)N1CCCC1. The zero-order valence-electron chi connectivity index (χ0n) is 11.0. The van der Waals surface area contributed by atoms with Gasteiger partial charge in [-0.25, -0.2) is 0 Å². The highest BCUT2D eigenvalue weighted by Gasteiger charge is 2.32. The van der Waals surface area contributed by atoms with E-state index in [1.54, 1.807) is 0 Å². The number of carboxylic acids is 1. The molecule has 0 spiro atoms. The number of likely N-dealkylation sites (tertiary alicyclic amines) is 1. The highest BCUT2D eigenvalue weighted by Crippen LogP contribution is 2.31. The molecule has 102 valence electrons. The van der Waals surface area contributed by atoms with Crippen molar-refractivity contribution in [3.63, 3.8) is 0 Å². The summed E-state index contributed by atoms with van der Waals surface area (Å²) in [6, 6.07) is 5.48. The van der Waals surface area contributed by atoms with Crippen LogP contribution in [0.3, 0.4) is 0 Å². The summed E-state index contributed by atoms with van der Waals surface area (Å²) in [6.45, 7) is 3.07. The van der Waals surface area contributed by atoms with E-state index in [1.807, 2.05) is 18.2 Å². The average Bonchev–Trinajstić information content (AvgIpc) is 2.93. The highest BCUT2D eigenvalue weighted by atomic mass is 16.5. The fourth-order valence-electron chi connectivity index (χ4n) is 3.19. The summed E-state index contributed by atoms with van der Waals surface area (Å²) in [5.41, 5.74) is 3.30. The van der Waals surface area contributed by atoms with E-state index in [4.69, 9.17) is 4.74 Å². The fraction of sp³-hybridized carbons (Fsp3) is 0.533. The van der Waals surface area contributed by atoms with Crippen molar-refractivity contribution >= 4 is 5.97 Å². The maximum atomic E-state index is 11.7. The number of carbonyl (C=O) groups is 1. The Balaban J connectivity index is 2.00. The first kappa shape index (κ1) is 12.6. The number of carboxylic acid groups (broad SMARTS) is 1. The Morgan fingerprint density at radius 2 is 2.11 bits per heavy atom. The monoisotopic (exact) mass is 261 g/mol. The largest absolute Gasteiger partial charge is 0.480 e. The summed E-state index contributed by atoms with van der Waals surface area (Å²) in [6.07, 6.45) is 3.02. The number of aliphatic carboxylic acids is 1. The van der Waals surface area contributed by atoms with Gasteiger partial charge in [-0.3, -0.25) is 9.69 Å². The summed E-state index contributed by atoms with van der Waals surface area (Å²) in [5, 5.41) is 9.62. The molecule has 2 aliphatic heterocycles. The Morgan fingerprint density at radius 1 is 1.32 bits per heavy atom. The van der Waals surface area contributed by atoms with Crippen LogP contribution in [0.1, 0.15) is 35.6 Å². The van der Waals surface area contributed by atoms with Crippen molar-refractivity contribution in [2.24, 2.45) is 0 Å². The average molecular weight is 261 g/mol. The molecule has 1 aromatic carbocycles. The van der Waals surface area contributed by atoms with Gasteiger partial charge in [0.05, 0.1) is 13.2 Å². The van der Waals surface area contributed by atoms with Crippen LogP contribution in [0.25, 0.3) is 0 Å². The lowest BCUT2D eigenvalue weighted by molar-refractivity contribution is -0.143. The van der Waals surface area contributed by atoms with Gasteiger partial charge in [0.15, 0.2) is 0 Å². The number of hydrogen-bond donors (Lipinski definition) is 1. The molecule has 0 aromatic heterocycles. The lowest BCUT2D eigenvalue weighted by Gasteiger charge is -2.28. The summed E-state index contributed by atoms with van der Waals surface area (Å²) in [7, 11) is 0. The Kier molecular flexibility index (Phi) is 3.53. The van der Waals surface area contributed by atoms with Gasteiger partial charge in [-0.1, -0.05) is 18.2 Å². The van der Waals surface area contributed by atoms with Crippen molar-refractivity contribution in [1.29, 1.82) is 0 Å². The quantitative estimate of drug-likeness (QED) is 0.904. The molecule has 0 saturated carbocycles. The number of benzene rings is 1. The van der Waals surface area contributed by atoms with Gasteiger partial charge in [0.2, 0.25) is 0 Å². The second-order valence-corrected chi connectivity index (χ2v) is 5.27. The van der Waals surface area contributed by atoms with Gasteiger partial charge in [-0.05, 0) is 49.0 Å². The van der Waals surface area contributed by atoms with E-state index >= 15 is 0 Å². The molecule has 1 unspecified atom stereocenters. The predicted molar refractivity (Wildman–Crippen MR) is 71.0 cm³/mol. The molecule has 2 heterocycles. The minimum atomic E-state index is -0.734. The minimum Gasteiger partial charge on any atom is -0.480 e. The number of ether oxygens (including phenoxy) is 1. The maximum absolute atomic E-state index is 11.7. The van der Waals surface area contributed by atoms with Gasteiger partial charge in [0, 0.05) is 0 Å². The highest BCUT2D eigenvalue weighted by molar-refractivity contribution is 5.76. The van der Waals surface area contributed by atoms with Gasteiger partial charge in [-0.2, -0.15) is 0 Å². The molecule has 1 saturated heterocycles. The minimum absolute atomic E-state index is 0.490. The maximum Gasteiger partial charge on any atom is 0.325 e. The van der Waals surface area contributed by atoms with Crippen molar-refractivity contribution in [2.45, 2.75) is 31.9 Å². The van der Waals surface area contributed by atoms with Crippen LogP contribution in [0.5, 0.6) is 0 Å². The summed E-state index contributed by atoms with van der Waals surface area (Å²) in [5.74, 6) is -0.734. The number of rotatable bonds is 3. The van der Waals surface area contributed by atoms with E-state index in [-0.39, 0.29) is 0 Å². The lowest BCUT2D eigenvalue weighted by atomic mass is 9.92. The Hall–Kier alpha value is -1.39. The van der Waals surface area contributed by atoms with Crippen molar-refractivity contribution < 1.29 is 14.6 Å². The van der Waals surface area contributed by atoms with Crippen LogP contribution in [-0.2, 0) is 22.6 Å². The van der Waals surface area contributed by atoms with Crippen molar-refractivity contribution in [2.75, 3.05) is 19.7 Å². The van der Waals surface area contributed by atoms with Crippen LogP contribution >= 0.6 is 0 Å². The lowest BCUT2D eigenvalue weighted by Crippen LogP contribution is -2.33. The number of nitrogens with zero attached hydrogens (tertiary/aromatic N) is 1. The second-order valence-electron chi connectivity index (χ2n) is 5.27. The summed E-state index contributed by atoms with van der Waals surface area (Å²) in [4.78, 5) is 13.8. The van der Waals surface area contributed by atoms with E-state index in [0.717, 1.165) is 43.5 Å². The van der Waals surface area contributed by atoms with Gasteiger partial charge in [0.1, 0.15) is 6.04 Å². The zero-order chi connectivity index (χ0) is 13.2. The van der Waals surface area contributed by atoms with Crippen molar-refractivity contribution in [3.05, 3.63) is 34.9 Å². The third kappa shape index (κ3) is 2.38. The van der Waals surface area contributed by atoms with Gasteiger partial charge in [0.25, 0.3) is 0 Å². The number of fused-ring (bicyclic) bond motifs is 1. The van der Waals surface area contributed by atoms with E-state index in [2.05, 4.69) is 4.90 Å². The molecule has 1 aromatic rings. The molecule has 0 amide bonds. The first-order chi connectivity index (χ1) is 9.27. The van der Waals surface area contributed by atoms with Gasteiger partial charge in [-0.15, -0.1) is 0 Å². The molecule has 1 N–H and O–H groups in total.